The zero-order valence-electron chi connectivity index (χ0n) is 10.7. The van der Waals surface area contributed by atoms with Crippen LogP contribution in [-0.4, -0.2) is 16.1 Å². The minimum absolute atomic E-state index is 0.233. The Balaban J connectivity index is 2.26. The average Bonchev–Trinajstić information content (AvgIpc) is 2.76. The highest BCUT2D eigenvalue weighted by Gasteiger charge is 2.17. The topological polar surface area (TPSA) is 83.8 Å². The number of H-pyrrole nitrogens is 1. The van der Waals surface area contributed by atoms with Gasteiger partial charge in [-0.3, -0.25) is 9.89 Å². The van der Waals surface area contributed by atoms with E-state index >= 15 is 0 Å². The number of hydrogen-bond acceptors (Lipinski definition) is 3. The molecule has 2 aromatic rings. The summed E-state index contributed by atoms with van der Waals surface area (Å²) in [6, 6.07) is 5.61. The first-order valence-electron chi connectivity index (χ1n) is 5.93. The van der Waals surface area contributed by atoms with Gasteiger partial charge in [-0.05, 0) is 31.0 Å². The normalized spacial score (nSPS) is 10.5. The number of carbonyl (C=O) groups is 1. The van der Waals surface area contributed by atoms with Gasteiger partial charge in [-0.1, -0.05) is 28.9 Å². The summed E-state index contributed by atoms with van der Waals surface area (Å²) >= 11 is 3.42. The number of aromatic nitrogens is 2. The first-order valence-corrected chi connectivity index (χ1v) is 6.73. The van der Waals surface area contributed by atoms with Gasteiger partial charge in [0, 0.05) is 10.2 Å². The summed E-state index contributed by atoms with van der Waals surface area (Å²) in [5.41, 5.74) is 8.98. The lowest BCUT2D eigenvalue weighted by atomic mass is 10.2. The molecule has 0 atom stereocenters. The van der Waals surface area contributed by atoms with Crippen molar-refractivity contribution in [1.82, 2.24) is 10.2 Å². The minimum atomic E-state index is -0.311. The summed E-state index contributed by atoms with van der Waals surface area (Å²) in [6.45, 7) is 3.87. The third-order valence-corrected chi connectivity index (χ3v) is 3.83. The Morgan fingerprint density at radius 3 is 2.89 bits per heavy atom. The summed E-state index contributed by atoms with van der Waals surface area (Å²) in [5.74, 6) is -0.311. The zero-order chi connectivity index (χ0) is 14.0. The number of amides is 1. The number of anilines is 2. The summed E-state index contributed by atoms with van der Waals surface area (Å²) in [6.07, 6.45) is 0.710. The predicted octanol–water partition coefficient (Wildman–Crippen LogP) is 2.88. The second-order valence-corrected chi connectivity index (χ2v) is 5.04. The molecule has 1 aromatic carbocycles. The molecule has 4 N–H and O–H groups in total. The van der Waals surface area contributed by atoms with Crippen LogP contribution >= 0.6 is 15.9 Å². The predicted molar refractivity (Wildman–Crippen MR) is 79.2 cm³/mol. The van der Waals surface area contributed by atoms with Gasteiger partial charge in [0.2, 0.25) is 0 Å². The van der Waals surface area contributed by atoms with Gasteiger partial charge < -0.3 is 11.1 Å². The smallest absolute Gasteiger partial charge is 0.278 e. The molecule has 1 amide bonds. The largest absolute Gasteiger partial charge is 0.395 e. The van der Waals surface area contributed by atoms with E-state index in [0.29, 0.717) is 12.1 Å². The number of carbonyl (C=O) groups excluding carboxylic acids is 1. The van der Waals surface area contributed by atoms with Crippen molar-refractivity contribution in [1.29, 1.82) is 0 Å². The molecular weight excluding hydrogens is 308 g/mol. The van der Waals surface area contributed by atoms with Gasteiger partial charge in [-0.25, -0.2) is 0 Å². The first kappa shape index (κ1) is 13.6. The number of aryl methyl sites for hydroxylation is 1. The maximum absolute atomic E-state index is 12.1. The van der Waals surface area contributed by atoms with Crippen molar-refractivity contribution in [2.45, 2.75) is 20.3 Å². The van der Waals surface area contributed by atoms with Crippen LogP contribution in [0.1, 0.15) is 28.7 Å². The fourth-order valence-electron chi connectivity index (χ4n) is 1.75. The van der Waals surface area contributed by atoms with Crippen LogP contribution in [-0.2, 0) is 6.42 Å². The molecule has 0 spiro atoms. The fourth-order valence-corrected chi connectivity index (χ4v) is 2.12. The Bertz CT molecular complexity index is 621. The average molecular weight is 323 g/mol. The SMILES string of the molecule is CCc1[nH]nc(C(=O)Nc2cccc(Br)c2C)c1N. The Morgan fingerprint density at radius 2 is 2.26 bits per heavy atom. The van der Waals surface area contributed by atoms with Gasteiger partial charge >= 0.3 is 0 Å². The van der Waals surface area contributed by atoms with E-state index in [0.717, 1.165) is 21.4 Å². The van der Waals surface area contributed by atoms with Crippen molar-refractivity contribution < 1.29 is 4.79 Å². The van der Waals surface area contributed by atoms with E-state index in [1.165, 1.54) is 0 Å². The molecule has 0 aliphatic heterocycles. The van der Waals surface area contributed by atoms with Gasteiger partial charge in [0.15, 0.2) is 5.69 Å². The molecule has 1 heterocycles. The summed E-state index contributed by atoms with van der Waals surface area (Å²) in [5, 5.41) is 9.55. The Hall–Kier alpha value is -1.82. The van der Waals surface area contributed by atoms with Crippen molar-refractivity contribution in [2.75, 3.05) is 11.1 Å². The van der Waals surface area contributed by atoms with E-state index in [1.807, 2.05) is 32.0 Å². The minimum Gasteiger partial charge on any atom is -0.395 e. The number of rotatable bonds is 3. The second-order valence-electron chi connectivity index (χ2n) is 4.18. The quantitative estimate of drug-likeness (QED) is 0.812. The Morgan fingerprint density at radius 1 is 1.53 bits per heavy atom. The molecule has 0 unspecified atom stereocenters. The Kier molecular flexibility index (Phi) is 3.90. The van der Waals surface area contributed by atoms with E-state index in [1.54, 1.807) is 0 Å². The molecule has 0 bridgehead atoms. The zero-order valence-corrected chi connectivity index (χ0v) is 12.3. The van der Waals surface area contributed by atoms with Gasteiger partial charge in [0.05, 0.1) is 11.4 Å². The molecule has 0 aliphatic rings. The molecule has 0 saturated carbocycles. The first-order chi connectivity index (χ1) is 9.04. The van der Waals surface area contributed by atoms with E-state index < -0.39 is 0 Å². The van der Waals surface area contributed by atoms with Crippen molar-refractivity contribution >= 4 is 33.2 Å². The third-order valence-electron chi connectivity index (χ3n) is 2.97. The highest BCUT2D eigenvalue weighted by molar-refractivity contribution is 9.10. The number of nitrogen functional groups attached to an aromatic ring is 1. The molecule has 5 nitrogen and oxygen atoms in total. The molecule has 0 saturated heterocycles. The van der Waals surface area contributed by atoms with Gasteiger partial charge in [-0.2, -0.15) is 5.10 Å². The molecule has 19 heavy (non-hydrogen) atoms. The second kappa shape index (κ2) is 5.44. The molecule has 0 aliphatic carbocycles. The van der Waals surface area contributed by atoms with Crippen LogP contribution in [0.3, 0.4) is 0 Å². The van der Waals surface area contributed by atoms with Crippen molar-refractivity contribution in [3.63, 3.8) is 0 Å². The molecular formula is C13H15BrN4O. The lowest BCUT2D eigenvalue weighted by Gasteiger charge is -2.08. The number of nitrogens with one attached hydrogen (secondary N) is 2. The number of nitrogens with two attached hydrogens (primary N) is 1. The van der Waals surface area contributed by atoms with Crippen LogP contribution in [0.2, 0.25) is 0 Å². The number of halogens is 1. The number of aromatic amines is 1. The molecule has 1 aromatic heterocycles. The van der Waals surface area contributed by atoms with E-state index in [-0.39, 0.29) is 11.6 Å². The van der Waals surface area contributed by atoms with Crippen LogP contribution in [0.5, 0.6) is 0 Å². The van der Waals surface area contributed by atoms with Gasteiger partial charge in [0.1, 0.15) is 0 Å². The van der Waals surface area contributed by atoms with Crippen molar-refractivity contribution in [2.24, 2.45) is 0 Å². The highest BCUT2D eigenvalue weighted by atomic mass is 79.9. The maximum atomic E-state index is 12.1. The maximum Gasteiger partial charge on any atom is 0.278 e. The number of hydrogen-bond donors (Lipinski definition) is 3. The molecule has 100 valence electrons. The summed E-state index contributed by atoms with van der Waals surface area (Å²) < 4.78 is 0.939. The lowest BCUT2D eigenvalue weighted by Crippen LogP contribution is -2.15. The lowest BCUT2D eigenvalue weighted by molar-refractivity contribution is 0.102. The fraction of sp³-hybridized carbons (Fsp3) is 0.231. The number of nitrogens with zero attached hydrogens (tertiary/aromatic N) is 1. The van der Waals surface area contributed by atoms with Crippen molar-refractivity contribution in [3.8, 4) is 0 Å². The van der Waals surface area contributed by atoms with E-state index in [4.69, 9.17) is 5.73 Å². The molecule has 2 rings (SSSR count). The van der Waals surface area contributed by atoms with Gasteiger partial charge in [0.25, 0.3) is 5.91 Å². The van der Waals surface area contributed by atoms with Crippen LogP contribution in [0.25, 0.3) is 0 Å². The molecule has 0 fully saturated rings. The highest BCUT2D eigenvalue weighted by Crippen LogP contribution is 2.24. The Labute approximate surface area is 119 Å². The molecule has 6 heteroatoms. The van der Waals surface area contributed by atoms with Crippen LogP contribution in [0, 0.1) is 6.92 Å². The van der Waals surface area contributed by atoms with Crippen LogP contribution < -0.4 is 11.1 Å². The van der Waals surface area contributed by atoms with E-state index in [2.05, 4.69) is 31.4 Å². The third kappa shape index (κ3) is 2.63. The van der Waals surface area contributed by atoms with E-state index in [9.17, 15) is 4.79 Å². The standard InChI is InChI=1S/C13H15BrN4O/c1-3-9-11(15)12(18-17-9)13(19)16-10-6-4-5-8(14)7(10)2/h4-6H,3,15H2,1-2H3,(H,16,19)(H,17,18). The summed E-state index contributed by atoms with van der Waals surface area (Å²) in [7, 11) is 0. The molecule has 0 radical (unpaired) electrons. The monoisotopic (exact) mass is 322 g/mol. The van der Waals surface area contributed by atoms with Gasteiger partial charge in [-0.15, -0.1) is 0 Å². The van der Waals surface area contributed by atoms with Crippen molar-refractivity contribution in [3.05, 3.63) is 39.6 Å². The number of benzene rings is 1. The summed E-state index contributed by atoms with van der Waals surface area (Å²) in [4.78, 5) is 12.1. The van der Waals surface area contributed by atoms with Crippen LogP contribution in [0.15, 0.2) is 22.7 Å². The van der Waals surface area contributed by atoms with Crippen LogP contribution in [0.4, 0.5) is 11.4 Å².